The monoisotopic (exact) mass is 278 g/mol. The van der Waals surface area contributed by atoms with E-state index < -0.39 is 4.92 Å². The summed E-state index contributed by atoms with van der Waals surface area (Å²) in [5, 5.41) is 11.0. The molecule has 0 amide bonds. The molecule has 1 aromatic heterocycles. The summed E-state index contributed by atoms with van der Waals surface area (Å²) in [6, 6.07) is 7.18. The number of benzene rings is 1. The molecule has 1 aromatic carbocycles. The third-order valence-electron chi connectivity index (χ3n) is 2.27. The Labute approximate surface area is 112 Å². The minimum Gasteiger partial charge on any atom is -0.429 e. The van der Waals surface area contributed by atoms with Gasteiger partial charge in [0.1, 0.15) is 0 Å². The predicted molar refractivity (Wildman–Crippen MR) is 67.8 cm³/mol. The molecule has 6 nitrogen and oxygen atoms in total. The molecular weight excluding hydrogens is 272 g/mol. The molecule has 0 fully saturated rings. The molecule has 96 valence electrons. The number of rotatable bonds is 4. The third-order valence-corrected chi connectivity index (χ3v) is 2.57. The molecule has 0 aliphatic carbocycles. The van der Waals surface area contributed by atoms with E-state index in [0.29, 0.717) is 6.29 Å². The van der Waals surface area contributed by atoms with Gasteiger partial charge in [0.2, 0.25) is 11.6 Å². The van der Waals surface area contributed by atoms with Gasteiger partial charge in [0.15, 0.2) is 6.29 Å². The predicted octanol–water partition coefficient (Wildman–Crippen LogP) is 3.25. The number of nitro groups is 1. The van der Waals surface area contributed by atoms with E-state index >= 15 is 0 Å². The van der Waals surface area contributed by atoms with Gasteiger partial charge >= 0.3 is 5.69 Å². The lowest BCUT2D eigenvalue weighted by Crippen LogP contribution is -1.97. The minimum absolute atomic E-state index is 0.0336. The lowest BCUT2D eigenvalue weighted by Gasteiger charge is -2.08. The van der Waals surface area contributed by atoms with Crippen molar-refractivity contribution < 1.29 is 14.5 Å². The molecule has 7 heteroatoms. The van der Waals surface area contributed by atoms with Crippen LogP contribution in [-0.4, -0.2) is 16.2 Å². The van der Waals surface area contributed by atoms with Crippen molar-refractivity contribution >= 4 is 23.6 Å². The van der Waals surface area contributed by atoms with Crippen molar-refractivity contribution in [3.05, 3.63) is 57.2 Å². The standard InChI is InChI=1S/C12H7ClN2O4/c13-9-4-1-5-10(15(17)18)11(9)19-12-8(7-16)3-2-6-14-12/h1-7H. The van der Waals surface area contributed by atoms with E-state index in [4.69, 9.17) is 16.3 Å². The molecule has 0 aliphatic heterocycles. The lowest BCUT2D eigenvalue weighted by atomic mass is 10.3. The molecule has 0 N–H and O–H groups in total. The number of pyridine rings is 1. The molecule has 19 heavy (non-hydrogen) atoms. The fourth-order valence-corrected chi connectivity index (χ4v) is 1.63. The SMILES string of the molecule is O=Cc1cccnc1Oc1c(Cl)cccc1[N+](=O)[O-]. The zero-order chi connectivity index (χ0) is 13.8. The number of hydrogen-bond acceptors (Lipinski definition) is 5. The van der Waals surface area contributed by atoms with Crippen molar-refractivity contribution in [1.82, 2.24) is 4.98 Å². The number of aromatic nitrogens is 1. The maximum absolute atomic E-state index is 10.9. The summed E-state index contributed by atoms with van der Waals surface area (Å²) in [5.74, 6) is -0.176. The number of nitro benzene ring substituents is 1. The summed E-state index contributed by atoms with van der Waals surface area (Å²) in [5.41, 5.74) is -0.119. The van der Waals surface area contributed by atoms with Crippen LogP contribution in [-0.2, 0) is 0 Å². The van der Waals surface area contributed by atoms with E-state index in [1.807, 2.05) is 0 Å². The highest BCUT2D eigenvalue weighted by Crippen LogP contribution is 2.37. The molecule has 0 radical (unpaired) electrons. The maximum atomic E-state index is 10.9. The largest absolute Gasteiger partial charge is 0.429 e. The number of carbonyl (C=O) groups excluding carboxylic acids is 1. The molecule has 0 saturated carbocycles. The average molecular weight is 279 g/mol. The first-order chi connectivity index (χ1) is 9.13. The highest BCUT2D eigenvalue weighted by Gasteiger charge is 2.20. The van der Waals surface area contributed by atoms with Gasteiger partial charge in [-0.1, -0.05) is 17.7 Å². The van der Waals surface area contributed by atoms with Crippen LogP contribution in [0, 0.1) is 10.1 Å². The second kappa shape index (κ2) is 5.45. The molecule has 2 aromatic rings. The van der Waals surface area contributed by atoms with Crippen LogP contribution in [0.3, 0.4) is 0 Å². The second-order valence-electron chi connectivity index (χ2n) is 3.46. The first kappa shape index (κ1) is 13.0. The van der Waals surface area contributed by atoms with Crippen LogP contribution in [0.25, 0.3) is 0 Å². The van der Waals surface area contributed by atoms with E-state index in [-0.39, 0.29) is 27.9 Å². The highest BCUT2D eigenvalue weighted by molar-refractivity contribution is 6.32. The number of nitrogens with zero attached hydrogens (tertiary/aromatic N) is 2. The normalized spacial score (nSPS) is 9.95. The molecule has 2 rings (SSSR count). The number of halogens is 1. The number of para-hydroxylation sites is 1. The summed E-state index contributed by atoms with van der Waals surface area (Å²) in [6.07, 6.45) is 1.95. The average Bonchev–Trinajstić information content (AvgIpc) is 2.41. The smallest absolute Gasteiger partial charge is 0.313 e. The zero-order valence-electron chi connectivity index (χ0n) is 9.45. The van der Waals surface area contributed by atoms with Crippen LogP contribution in [0.4, 0.5) is 5.69 Å². The van der Waals surface area contributed by atoms with E-state index in [1.165, 1.54) is 30.5 Å². The summed E-state index contributed by atoms with van der Waals surface area (Å²) in [4.78, 5) is 25.0. The minimum atomic E-state index is -0.620. The Bertz CT molecular complexity index is 645. The van der Waals surface area contributed by atoms with Crippen molar-refractivity contribution in [1.29, 1.82) is 0 Å². The van der Waals surface area contributed by atoms with Crippen molar-refractivity contribution in [2.45, 2.75) is 0 Å². The Kier molecular flexibility index (Phi) is 3.72. The van der Waals surface area contributed by atoms with E-state index in [1.54, 1.807) is 6.07 Å². The number of carbonyl (C=O) groups is 1. The van der Waals surface area contributed by atoms with Crippen molar-refractivity contribution in [2.24, 2.45) is 0 Å². The number of hydrogen-bond donors (Lipinski definition) is 0. The molecule has 0 unspecified atom stereocenters. The highest BCUT2D eigenvalue weighted by atomic mass is 35.5. The van der Waals surface area contributed by atoms with Crippen molar-refractivity contribution in [3.8, 4) is 11.6 Å². The van der Waals surface area contributed by atoms with Gasteiger partial charge < -0.3 is 4.74 Å². The first-order valence-electron chi connectivity index (χ1n) is 5.14. The lowest BCUT2D eigenvalue weighted by molar-refractivity contribution is -0.385. The van der Waals surface area contributed by atoms with Crippen LogP contribution in [0.5, 0.6) is 11.6 Å². The fourth-order valence-electron chi connectivity index (χ4n) is 1.42. The molecule has 0 atom stereocenters. The Hall–Kier alpha value is -2.47. The fraction of sp³-hybridized carbons (Fsp3) is 0. The quantitative estimate of drug-likeness (QED) is 0.487. The summed E-state index contributed by atoms with van der Waals surface area (Å²) in [7, 11) is 0. The Morgan fingerprint density at radius 1 is 1.32 bits per heavy atom. The van der Waals surface area contributed by atoms with Gasteiger partial charge in [-0.25, -0.2) is 4.98 Å². The van der Waals surface area contributed by atoms with Crippen LogP contribution in [0.2, 0.25) is 5.02 Å². The Morgan fingerprint density at radius 3 is 2.79 bits per heavy atom. The van der Waals surface area contributed by atoms with E-state index in [9.17, 15) is 14.9 Å². The second-order valence-corrected chi connectivity index (χ2v) is 3.87. The molecule has 0 saturated heterocycles. The molecule has 0 bridgehead atoms. The van der Waals surface area contributed by atoms with Crippen LogP contribution in [0.15, 0.2) is 36.5 Å². The van der Waals surface area contributed by atoms with Crippen molar-refractivity contribution in [3.63, 3.8) is 0 Å². The summed E-state index contributed by atoms with van der Waals surface area (Å²) in [6.45, 7) is 0. The third kappa shape index (κ3) is 2.69. The zero-order valence-corrected chi connectivity index (χ0v) is 10.2. The first-order valence-corrected chi connectivity index (χ1v) is 5.52. The van der Waals surface area contributed by atoms with Gasteiger partial charge in [0.05, 0.1) is 15.5 Å². The van der Waals surface area contributed by atoms with E-state index in [2.05, 4.69) is 4.98 Å². The summed E-state index contributed by atoms with van der Waals surface area (Å²) < 4.78 is 5.31. The van der Waals surface area contributed by atoms with Crippen LogP contribution >= 0.6 is 11.6 Å². The summed E-state index contributed by atoms with van der Waals surface area (Å²) >= 11 is 5.87. The van der Waals surface area contributed by atoms with E-state index in [0.717, 1.165) is 0 Å². The topological polar surface area (TPSA) is 82.3 Å². The Morgan fingerprint density at radius 2 is 2.11 bits per heavy atom. The van der Waals surface area contributed by atoms with Gasteiger partial charge in [-0.15, -0.1) is 0 Å². The van der Waals surface area contributed by atoms with Gasteiger partial charge in [0, 0.05) is 12.3 Å². The van der Waals surface area contributed by atoms with Gasteiger partial charge in [-0.2, -0.15) is 0 Å². The molecule has 1 heterocycles. The number of aldehydes is 1. The molecular formula is C12H7ClN2O4. The van der Waals surface area contributed by atoms with Crippen molar-refractivity contribution in [2.75, 3.05) is 0 Å². The van der Waals surface area contributed by atoms with Gasteiger partial charge in [0.25, 0.3) is 0 Å². The maximum Gasteiger partial charge on any atom is 0.313 e. The van der Waals surface area contributed by atoms with Gasteiger partial charge in [-0.05, 0) is 18.2 Å². The molecule has 0 spiro atoms. The van der Waals surface area contributed by atoms with Crippen LogP contribution in [0.1, 0.15) is 10.4 Å². The molecule has 0 aliphatic rings. The van der Waals surface area contributed by atoms with Crippen LogP contribution < -0.4 is 4.74 Å². The van der Waals surface area contributed by atoms with Gasteiger partial charge in [-0.3, -0.25) is 14.9 Å². The Balaban J connectivity index is 2.49. The number of ether oxygens (including phenoxy) is 1.